The Morgan fingerprint density at radius 2 is 2.25 bits per heavy atom. The molecule has 0 fully saturated rings. The molecule has 0 aliphatic heterocycles. The van der Waals surface area contributed by atoms with Crippen LogP contribution < -0.4 is 5.73 Å². The summed E-state index contributed by atoms with van der Waals surface area (Å²) < 4.78 is 1.73. The van der Waals surface area contributed by atoms with E-state index in [0.29, 0.717) is 12.4 Å². The van der Waals surface area contributed by atoms with Gasteiger partial charge in [0.2, 0.25) is 0 Å². The molecule has 2 aromatic rings. The lowest BCUT2D eigenvalue weighted by Crippen LogP contribution is -2.04. The number of nitriles is 1. The molecule has 0 saturated carbocycles. The van der Waals surface area contributed by atoms with Crippen molar-refractivity contribution in [2.75, 3.05) is 5.73 Å². The summed E-state index contributed by atoms with van der Waals surface area (Å²) in [5, 5.41) is 8.72. The number of rotatable bonds is 2. The van der Waals surface area contributed by atoms with Crippen molar-refractivity contribution >= 4 is 5.82 Å². The van der Waals surface area contributed by atoms with E-state index < -0.39 is 0 Å². The van der Waals surface area contributed by atoms with Gasteiger partial charge in [-0.25, -0.2) is 4.98 Å². The molecule has 16 heavy (non-hydrogen) atoms. The Balaban J connectivity index is 2.24. The maximum absolute atomic E-state index is 8.72. The Morgan fingerprint density at radius 1 is 1.44 bits per heavy atom. The number of anilines is 1. The van der Waals surface area contributed by atoms with Crippen LogP contribution >= 0.6 is 0 Å². The first-order chi connectivity index (χ1) is 7.70. The fraction of sp³-hybridized carbons (Fsp3) is 0.182. The first kappa shape index (κ1) is 10.2. The van der Waals surface area contributed by atoms with E-state index in [4.69, 9.17) is 11.0 Å². The maximum Gasteiger partial charge on any atom is 0.182 e. The third kappa shape index (κ3) is 1.86. The lowest BCUT2D eigenvalue weighted by molar-refractivity contribution is 0.802. The predicted molar refractivity (Wildman–Crippen MR) is 59.4 cm³/mol. The van der Waals surface area contributed by atoms with Gasteiger partial charge in [-0.2, -0.15) is 5.26 Å². The van der Waals surface area contributed by atoms with Crippen LogP contribution in [-0.4, -0.2) is 14.5 Å². The number of hydrogen-bond acceptors (Lipinski definition) is 4. The summed E-state index contributed by atoms with van der Waals surface area (Å²) >= 11 is 0. The minimum Gasteiger partial charge on any atom is -0.383 e. The third-order valence-electron chi connectivity index (χ3n) is 2.31. The minimum absolute atomic E-state index is 0.264. The molecule has 0 spiro atoms. The van der Waals surface area contributed by atoms with Crippen molar-refractivity contribution in [3.05, 3.63) is 41.6 Å². The lowest BCUT2D eigenvalue weighted by atomic mass is 10.2. The second-order valence-electron chi connectivity index (χ2n) is 3.53. The van der Waals surface area contributed by atoms with Gasteiger partial charge in [0, 0.05) is 11.9 Å². The van der Waals surface area contributed by atoms with E-state index in [1.807, 2.05) is 25.1 Å². The standard InChI is InChI=1S/C11H11N5/c1-8-2-3-9(5-14-8)6-16-7-15-10(4-12)11(16)13/h2-3,5,7H,6,13H2,1H3. The second kappa shape index (κ2) is 4.03. The van der Waals surface area contributed by atoms with E-state index in [2.05, 4.69) is 9.97 Å². The zero-order valence-corrected chi connectivity index (χ0v) is 8.88. The van der Waals surface area contributed by atoms with Crippen molar-refractivity contribution < 1.29 is 0 Å². The van der Waals surface area contributed by atoms with Gasteiger partial charge in [-0.15, -0.1) is 0 Å². The van der Waals surface area contributed by atoms with Crippen molar-refractivity contribution in [3.63, 3.8) is 0 Å². The SMILES string of the molecule is Cc1ccc(Cn2cnc(C#N)c2N)cn1. The van der Waals surface area contributed by atoms with Crippen LogP contribution in [0.3, 0.4) is 0 Å². The number of hydrogen-bond donors (Lipinski definition) is 1. The number of nitrogens with zero attached hydrogens (tertiary/aromatic N) is 4. The molecule has 0 aromatic carbocycles. The second-order valence-corrected chi connectivity index (χ2v) is 3.53. The molecule has 2 aromatic heterocycles. The van der Waals surface area contributed by atoms with Crippen LogP contribution in [0, 0.1) is 18.3 Å². The van der Waals surface area contributed by atoms with Gasteiger partial charge in [-0.3, -0.25) is 4.98 Å². The molecule has 0 atom stereocenters. The lowest BCUT2D eigenvalue weighted by Gasteiger charge is -2.04. The maximum atomic E-state index is 8.72. The van der Waals surface area contributed by atoms with Gasteiger partial charge in [0.15, 0.2) is 5.69 Å². The predicted octanol–water partition coefficient (Wildman–Crippen LogP) is 1.09. The molecule has 2 rings (SSSR count). The Hall–Kier alpha value is -2.35. The van der Waals surface area contributed by atoms with Crippen molar-refractivity contribution in [1.82, 2.24) is 14.5 Å². The average molecular weight is 213 g/mol. The highest BCUT2D eigenvalue weighted by atomic mass is 15.1. The highest BCUT2D eigenvalue weighted by Gasteiger charge is 2.06. The van der Waals surface area contributed by atoms with Gasteiger partial charge in [0.25, 0.3) is 0 Å². The topological polar surface area (TPSA) is 80.5 Å². The molecular formula is C11H11N5. The van der Waals surface area contributed by atoms with Crippen LogP contribution in [0.5, 0.6) is 0 Å². The highest BCUT2D eigenvalue weighted by Crippen LogP contribution is 2.11. The fourth-order valence-corrected chi connectivity index (χ4v) is 1.39. The van der Waals surface area contributed by atoms with E-state index in [9.17, 15) is 0 Å². The zero-order valence-electron chi connectivity index (χ0n) is 8.88. The van der Waals surface area contributed by atoms with Crippen molar-refractivity contribution in [1.29, 1.82) is 5.26 Å². The molecule has 0 amide bonds. The molecule has 5 heteroatoms. The fourth-order valence-electron chi connectivity index (χ4n) is 1.39. The van der Waals surface area contributed by atoms with Gasteiger partial charge in [-0.1, -0.05) is 6.07 Å². The van der Waals surface area contributed by atoms with Gasteiger partial charge in [0.05, 0.1) is 12.9 Å². The first-order valence-electron chi connectivity index (χ1n) is 4.83. The summed E-state index contributed by atoms with van der Waals surface area (Å²) in [6.45, 7) is 2.51. The Kier molecular flexibility index (Phi) is 2.56. The van der Waals surface area contributed by atoms with Crippen LogP contribution in [-0.2, 0) is 6.54 Å². The Bertz CT molecular complexity index is 532. The molecule has 0 aliphatic rings. The van der Waals surface area contributed by atoms with Gasteiger partial charge in [0.1, 0.15) is 11.9 Å². The first-order valence-corrected chi connectivity index (χ1v) is 4.83. The summed E-state index contributed by atoms with van der Waals surface area (Å²) in [7, 11) is 0. The summed E-state index contributed by atoms with van der Waals surface area (Å²) in [6.07, 6.45) is 3.36. The molecule has 80 valence electrons. The monoisotopic (exact) mass is 213 g/mol. The molecule has 0 aliphatic carbocycles. The summed E-state index contributed by atoms with van der Waals surface area (Å²) in [5.41, 5.74) is 8.01. The minimum atomic E-state index is 0.264. The van der Waals surface area contributed by atoms with Crippen LogP contribution in [0.4, 0.5) is 5.82 Å². The highest BCUT2D eigenvalue weighted by molar-refractivity contribution is 5.44. The van der Waals surface area contributed by atoms with Gasteiger partial charge in [-0.05, 0) is 18.6 Å². The van der Waals surface area contributed by atoms with E-state index in [0.717, 1.165) is 11.3 Å². The summed E-state index contributed by atoms with van der Waals surface area (Å²) in [4.78, 5) is 8.10. The summed E-state index contributed by atoms with van der Waals surface area (Å²) in [5.74, 6) is 0.392. The molecular weight excluding hydrogens is 202 g/mol. The smallest absolute Gasteiger partial charge is 0.182 e. The average Bonchev–Trinajstić information content (AvgIpc) is 2.63. The number of pyridine rings is 1. The normalized spacial score (nSPS) is 10.0. The van der Waals surface area contributed by atoms with Crippen LogP contribution in [0.15, 0.2) is 24.7 Å². The van der Waals surface area contributed by atoms with Crippen LogP contribution in [0.25, 0.3) is 0 Å². The molecule has 0 unspecified atom stereocenters. The number of aryl methyl sites for hydroxylation is 1. The van der Waals surface area contributed by atoms with E-state index in [-0.39, 0.29) is 5.69 Å². The molecule has 2 heterocycles. The Morgan fingerprint density at radius 3 is 2.81 bits per heavy atom. The Labute approximate surface area is 93.2 Å². The van der Waals surface area contributed by atoms with E-state index in [1.54, 1.807) is 17.1 Å². The number of imidazole rings is 1. The molecule has 0 radical (unpaired) electrons. The molecule has 0 saturated heterocycles. The quantitative estimate of drug-likeness (QED) is 0.809. The van der Waals surface area contributed by atoms with Crippen molar-refractivity contribution in [2.24, 2.45) is 0 Å². The van der Waals surface area contributed by atoms with Crippen molar-refractivity contribution in [2.45, 2.75) is 13.5 Å². The molecule has 0 bridgehead atoms. The number of nitrogen functional groups attached to an aromatic ring is 1. The van der Waals surface area contributed by atoms with E-state index >= 15 is 0 Å². The zero-order chi connectivity index (χ0) is 11.5. The molecule has 5 nitrogen and oxygen atoms in total. The van der Waals surface area contributed by atoms with Crippen molar-refractivity contribution in [3.8, 4) is 6.07 Å². The van der Waals surface area contributed by atoms with Gasteiger partial charge < -0.3 is 10.3 Å². The van der Waals surface area contributed by atoms with Crippen LogP contribution in [0.2, 0.25) is 0 Å². The number of nitrogens with two attached hydrogens (primary N) is 1. The largest absolute Gasteiger partial charge is 0.383 e. The van der Waals surface area contributed by atoms with Gasteiger partial charge >= 0.3 is 0 Å². The number of aromatic nitrogens is 3. The molecule has 2 N–H and O–H groups in total. The van der Waals surface area contributed by atoms with E-state index in [1.165, 1.54) is 0 Å². The third-order valence-corrected chi connectivity index (χ3v) is 2.31. The summed E-state index contributed by atoms with van der Waals surface area (Å²) in [6, 6.07) is 5.86. The van der Waals surface area contributed by atoms with Crippen LogP contribution in [0.1, 0.15) is 17.0 Å².